The molecule has 0 heterocycles. The van der Waals surface area contributed by atoms with Crippen molar-refractivity contribution in [1.29, 1.82) is 0 Å². The van der Waals surface area contributed by atoms with Crippen molar-refractivity contribution in [2.45, 2.75) is 19.9 Å². The lowest BCUT2D eigenvalue weighted by Gasteiger charge is -2.24. The van der Waals surface area contributed by atoms with Gasteiger partial charge in [0.2, 0.25) is 0 Å². The summed E-state index contributed by atoms with van der Waals surface area (Å²) < 4.78 is 0. The largest absolute Gasteiger partial charge is 0.481 e. The van der Waals surface area contributed by atoms with Gasteiger partial charge in [-0.1, -0.05) is 41.4 Å². The second-order valence-electron chi connectivity index (χ2n) is 5.03. The maximum absolute atomic E-state index is 10.8. The number of carboxylic acid groups (broad SMARTS) is 1. The molecule has 0 spiro atoms. The molecular weight excluding hydrogens is 286 g/mol. The number of halogens is 1. The molecular formula is C17H18ClNO2. The molecule has 2 aromatic carbocycles. The minimum Gasteiger partial charge on any atom is -0.481 e. The lowest BCUT2D eigenvalue weighted by molar-refractivity contribution is -0.136. The van der Waals surface area contributed by atoms with E-state index in [9.17, 15) is 4.79 Å². The van der Waals surface area contributed by atoms with Crippen LogP contribution in [0.2, 0.25) is 5.02 Å². The van der Waals surface area contributed by atoms with Gasteiger partial charge in [-0.25, -0.2) is 0 Å². The molecule has 4 heteroatoms. The third-order valence-electron chi connectivity index (χ3n) is 3.28. The van der Waals surface area contributed by atoms with Gasteiger partial charge in [0, 0.05) is 23.8 Å². The van der Waals surface area contributed by atoms with Gasteiger partial charge in [-0.2, -0.15) is 0 Å². The first-order valence-corrected chi connectivity index (χ1v) is 7.20. The summed E-state index contributed by atoms with van der Waals surface area (Å²) in [6.07, 6.45) is 0.113. The number of aliphatic carboxylic acids is 1. The molecule has 0 unspecified atom stereocenters. The van der Waals surface area contributed by atoms with Crippen molar-refractivity contribution in [2.24, 2.45) is 0 Å². The lowest BCUT2D eigenvalue weighted by atomic mass is 10.1. The van der Waals surface area contributed by atoms with Gasteiger partial charge in [-0.3, -0.25) is 4.79 Å². The van der Waals surface area contributed by atoms with E-state index >= 15 is 0 Å². The fourth-order valence-corrected chi connectivity index (χ4v) is 2.22. The zero-order valence-electron chi connectivity index (χ0n) is 11.9. The summed E-state index contributed by atoms with van der Waals surface area (Å²) in [6.45, 7) is 3.17. The van der Waals surface area contributed by atoms with Crippen LogP contribution in [0, 0.1) is 6.92 Å². The van der Waals surface area contributed by atoms with E-state index in [4.69, 9.17) is 16.7 Å². The maximum Gasteiger partial charge on any atom is 0.305 e. The van der Waals surface area contributed by atoms with Crippen molar-refractivity contribution in [1.82, 2.24) is 0 Å². The van der Waals surface area contributed by atoms with E-state index in [-0.39, 0.29) is 6.42 Å². The van der Waals surface area contributed by atoms with E-state index in [1.807, 2.05) is 55.5 Å². The predicted octanol–water partition coefficient (Wildman–Crippen LogP) is 4.13. The molecule has 2 rings (SSSR count). The number of rotatable bonds is 6. The molecule has 1 N–H and O–H groups in total. The normalized spacial score (nSPS) is 10.4. The van der Waals surface area contributed by atoms with Gasteiger partial charge in [0.1, 0.15) is 0 Å². The van der Waals surface area contributed by atoms with Crippen molar-refractivity contribution in [2.75, 3.05) is 11.4 Å². The first-order valence-electron chi connectivity index (χ1n) is 6.82. The van der Waals surface area contributed by atoms with Crippen molar-refractivity contribution in [3.05, 3.63) is 64.7 Å². The van der Waals surface area contributed by atoms with Gasteiger partial charge in [0.05, 0.1) is 6.42 Å². The fourth-order valence-electron chi connectivity index (χ4n) is 2.10. The molecule has 0 saturated heterocycles. The fraction of sp³-hybridized carbons (Fsp3) is 0.235. The highest BCUT2D eigenvalue weighted by Crippen LogP contribution is 2.19. The van der Waals surface area contributed by atoms with Crippen LogP contribution in [0.15, 0.2) is 48.5 Å². The Labute approximate surface area is 129 Å². The Kier molecular flexibility index (Phi) is 5.23. The first-order chi connectivity index (χ1) is 10.0. The molecule has 110 valence electrons. The van der Waals surface area contributed by atoms with Crippen LogP contribution in [0.4, 0.5) is 5.69 Å². The van der Waals surface area contributed by atoms with E-state index in [1.54, 1.807) is 0 Å². The number of aryl methyl sites for hydroxylation is 1. The SMILES string of the molecule is Cc1ccc(N(CCC(=O)O)Cc2ccc(Cl)cc2)cc1. The molecule has 0 aliphatic carbocycles. The number of carbonyl (C=O) groups is 1. The zero-order valence-corrected chi connectivity index (χ0v) is 12.7. The maximum atomic E-state index is 10.8. The van der Waals surface area contributed by atoms with Crippen LogP contribution in [-0.2, 0) is 11.3 Å². The molecule has 3 nitrogen and oxygen atoms in total. The van der Waals surface area contributed by atoms with Gasteiger partial charge in [0.25, 0.3) is 0 Å². The summed E-state index contributed by atoms with van der Waals surface area (Å²) in [5.74, 6) is -0.789. The summed E-state index contributed by atoms with van der Waals surface area (Å²) >= 11 is 5.89. The minimum absolute atomic E-state index is 0.113. The predicted molar refractivity (Wildman–Crippen MR) is 85.9 cm³/mol. The van der Waals surface area contributed by atoms with Crippen molar-refractivity contribution < 1.29 is 9.90 Å². The standard InChI is InChI=1S/C17H18ClNO2/c1-13-2-8-16(9-3-13)19(11-10-17(20)21)12-14-4-6-15(18)7-5-14/h2-9H,10-12H2,1H3,(H,20,21). The Morgan fingerprint density at radius 1 is 1.10 bits per heavy atom. The number of anilines is 1. The summed E-state index contributed by atoms with van der Waals surface area (Å²) in [6, 6.07) is 15.7. The Morgan fingerprint density at radius 3 is 2.29 bits per heavy atom. The summed E-state index contributed by atoms with van der Waals surface area (Å²) in [4.78, 5) is 12.9. The molecule has 0 aliphatic heterocycles. The van der Waals surface area contributed by atoms with E-state index in [0.717, 1.165) is 11.3 Å². The highest BCUT2D eigenvalue weighted by molar-refractivity contribution is 6.30. The highest BCUT2D eigenvalue weighted by Gasteiger charge is 2.09. The second kappa shape index (κ2) is 7.14. The quantitative estimate of drug-likeness (QED) is 0.872. The van der Waals surface area contributed by atoms with Gasteiger partial charge < -0.3 is 10.0 Å². The Hall–Kier alpha value is -2.00. The molecule has 0 amide bonds. The van der Waals surface area contributed by atoms with Gasteiger partial charge in [-0.05, 0) is 36.8 Å². The van der Waals surface area contributed by atoms with Gasteiger partial charge in [-0.15, -0.1) is 0 Å². The van der Waals surface area contributed by atoms with Crippen LogP contribution < -0.4 is 4.90 Å². The van der Waals surface area contributed by atoms with Crippen LogP contribution in [0.25, 0.3) is 0 Å². The number of hydrogen-bond donors (Lipinski definition) is 1. The van der Waals surface area contributed by atoms with Gasteiger partial charge in [0.15, 0.2) is 0 Å². The highest BCUT2D eigenvalue weighted by atomic mass is 35.5. The smallest absolute Gasteiger partial charge is 0.305 e. The van der Waals surface area contributed by atoms with Crippen LogP contribution in [0.5, 0.6) is 0 Å². The second-order valence-corrected chi connectivity index (χ2v) is 5.46. The number of carboxylic acids is 1. The number of hydrogen-bond acceptors (Lipinski definition) is 2. The molecule has 0 atom stereocenters. The lowest BCUT2D eigenvalue weighted by Crippen LogP contribution is -2.25. The first kappa shape index (κ1) is 15.4. The zero-order chi connectivity index (χ0) is 15.2. The van der Waals surface area contributed by atoms with Crippen LogP contribution >= 0.6 is 11.6 Å². The molecule has 21 heavy (non-hydrogen) atoms. The van der Waals surface area contributed by atoms with Crippen molar-refractivity contribution in [3.63, 3.8) is 0 Å². The Morgan fingerprint density at radius 2 is 1.71 bits per heavy atom. The summed E-state index contributed by atoms with van der Waals surface area (Å²) in [5.41, 5.74) is 3.31. The summed E-state index contributed by atoms with van der Waals surface area (Å²) in [5, 5.41) is 9.61. The van der Waals surface area contributed by atoms with E-state index in [0.29, 0.717) is 18.1 Å². The van der Waals surface area contributed by atoms with Crippen LogP contribution in [0.1, 0.15) is 17.5 Å². The number of benzene rings is 2. The Balaban J connectivity index is 2.16. The van der Waals surface area contributed by atoms with Crippen molar-refractivity contribution >= 4 is 23.3 Å². The number of nitrogens with zero attached hydrogens (tertiary/aromatic N) is 1. The summed E-state index contributed by atoms with van der Waals surface area (Å²) in [7, 11) is 0. The van der Waals surface area contributed by atoms with Crippen molar-refractivity contribution in [3.8, 4) is 0 Å². The molecule has 0 saturated carbocycles. The molecule has 0 fully saturated rings. The monoisotopic (exact) mass is 303 g/mol. The van der Waals surface area contributed by atoms with E-state index in [1.165, 1.54) is 5.56 Å². The Bertz CT molecular complexity index is 593. The third-order valence-corrected chi connectivity index (χ3v) is 3.53. The average molecular weight is 304 g/mol. The molecule has 0 bridgehead atoms. The third kappa shape index (κ3) is 4.80. The topological polar surface area (TPSA) is 40.5 Å². The van der Waals surface area contributed by atoms with Crippen LogP contribution in [0.3, 0.4) is 0 Å². The van der Waals surface area contributed by atoms with E-state index in [2.05, 4.69) is 4.90 Å². The molecule has 2 aromatic rings. The molecule has 0 aliphatic rings. The van der Waals surface area contributed by atoms with Gasteiger partial charge >= 0.3 is 5.97 Å². The van der Waals surface area contributed by atoms with E-state index < -0.39 is 5.97 Å². The average Bonchev–Trinajstić information content (AvgIpc) is 2.46. The van der Waals surface area contributed by atoms with Crippen LogP contribution in [-0.4, -0.2) is 17.6 Å². The molecule has 0 radical (unpaired) electrons. The minimum atomic E-state index is -0.789. The molecule has 0 aromatic heterocycles.